The van der Waals surface area contributed by atoms with Crippen molar-refractivity contribution in [3.05, 3.63) is 89.2 Å². The molecule has 0 radical (unpaired) electrons. The van der Waals surface area contributed by atoms with Gasteiger partial charge in [-0.25, -0.2) is 9.97 Å². The average Bonchev–Trinajstić information content (AvgIpc) is 2.81. The normalized spacial score (nSPS) is 20.7. The second kappa shape index (κ2) is 9.46. The highest BCUT2D eigenvalue weighted by atomic mass is 16.3. The Morgan fingerprint density at radius 2 is 1.84 bits per heavy atom. The molecule has 2 heterocycles. The molecule has 1 amide bonds. The van der Waals surface area contributed by atoms with Crippen molar-refractivity contribution >= 4 is 11.9 Å². The number of benzene rings is 2. The minimum absolute atomic E-state index is 0.0308. The van der Waals surface area contributed by atoms with E-state index in [9.17, 15) is 15.0 Å². The quantitative estimate of drug-likeness (QED) is 0.552. The van der Waals surface area contributed by atoms with Gasteiger partial charge in [0.1, 0.15) is 0 Å². The number of hydrogen-bond donors (Lipinski definition) is 3. The van der Waals surface area contributed by atoms with Gasteiger partial charge in [0.2, 0.25) is 11.9 Å². The Bertz CT molecular complexity index is 1060. The van der Waals surface area contributed by atoms with Crippen LogP contribution in [0.25, 0.3) is 0 Å². The maximum Gasteiger partial charge on any atom is 0.225 e. The summed E-state index contributed by atoms with van der Waals surface area (Å²) in [7, 11) is 0. The first-order chi connectivity index (χ1) is 15.5. The van der Waals surface area contributed by atoms with Gasteiger partial charge in [-0.05, 0) is 36.1 Å². The summed E-state index contributed by atoms with van der Waals surface area (Å²) in [6, 6.07) is 18.8. The number of aryl methyl sites for hydroxylation is 1. The van der Waals surface area contributed by atoms with Gasteiger partial charge in [0.15, 0.2) is 0 Å². The lowest BCUT2D eigenvalue weighted by Gasteiger charge is -2.46. The highest BCUT2D eigenvalue weighted by Gasteiger charge is 2.45. The van der Waals surface area contributed by atoms with Crippen LogP contribution in [0.15, 0.2) is 66.9 Å². The number of anilines is 1. The van der Waals surface area contributed by atoms with Crippen LogP contribution in [0.4, 0.5) is 5.95 Å². The van der Waals surface area contributed by atoms with Crippen LogP contribution in [-0.4, -0.2) is 45.3 Å². The highest BCUT2D eigenvalue weighted by Crippen LogP contribution is 2.34. The average molecular weight is 433 g/mol. The molecule has 0 aliphatic carbocycles. The van der Waals surface area contributed by atoms with Gasteiger partial charge in [-0.15, -0.1) is 0 Å². The third-order valence-corrected chi connectivity index (χ3v) is 6.02. The van der Waals surface area contributed by atoms with E-state index in [-0.39, 0.29) is 18.9 Å². The number of aliphatic hydroxyl groups is 2. The molecular weight excluding hydrogens is 404 g/mol. The van der Waals surface area contributed by atoms with Gasteiger partial charge in [-0.3, -0.25) is 4.79 Å². The number of β-amino-alcohol motifs (C(OH)–C–C–N with tert-alkyl or cyclic N) is 1. The van der Waals surface area contributed by atoms with E-state index in [0.29, 0.717) is 25.5 Å². The van der Waals surface area contributed by atoms with Gasteiger partial charge < -0.3 is 20.4 Å². The zero-order chi connectivity index (χ0) is 22.6. The van der Waals surface area contributed by atoms with Crippen LogP contribution in [0.2, 0.25) is 0 Å². The summed E-state index contributed by atoms with van der Waals surface area (Å²) >= 11 is 0. The first-order valence-electron chi connectivity index (χ1n) is 10.8. The smallest absolute Gasteiger partial charge is 0.225 e. The van der Waals surface area contributed by atoms with Crippen LogP contribution in [0.3, 0.4) is 0 Å². The largest absolute Gasteiger partial charge is 0.392 e. The highest BCUT2D eigenvalue weighted by molar-refractivity contribution is 5.79. The maximum atomic E-state index is 13.0. The summed E-state index contributed by atoms with van der Waals surface area (Å²) in [5, 5.41) is 23.7. The first-order valence-corrected chi connectivity index (χ1v) is 10.8. The van der Waals surface area contributed by atoms with Gasteiger partial charge in [-0.2, -0.15) is 0 Å². The zero-order valence-electron chi connectivity index (χ0n) is 18.1. The summed E-state index contributed by atoms with van der Waals surface area (Å²) < 4.78 is 0. The summed E-state index contributed by atoms with van der Waals surface area (Å²) in [4.78, 5) is 23.8. The van der Waals surface area contributed by atoms with E-state index in [2.05, 4.69) is 15.3 Å². The van der Waals surface area contributed by atoms with E-state index in [1.54, 1.807) is 6.20 Å². The molecular formula is C25H28N4O3. The number of rotatable bonds is 6. The predicted molar refractivity (Wildman–Crippen MR) is 122 cm³/mol. The van der Waals surface area contributed by atoms with Crippen LogP contribution < -0.4 is 10.2 Å². The molecule has 7 heteroatoms. The van der Waals surface area contributed by atoms with Gasteiger partial charge >= 0.3 is 0 Å². The molecule has 7 nitrogen and oxygen atoms in total. The van der Waals surface area contributed by atoms with Crippen molar-refractivity contribution in [3.8, 4) is 0 Å². The Morgan fingerprint density at radius 1 is 1.12 bits per heavy atom. The number of aliphatic hydroxyl groups excluding tert-OH is 2. The van der Waals surface area contributed by atoms with Crippen LogP contribution >= 0.6 is 0 Å². The summed E-state index contributed by atoms with van der Waals surface area (Å²) in [6.45, 7) is 2.79. The molecule has 1 aromatic heterocycles. The fourth-order valence-electron chi connectivity index (χ4n) is 4.23. The van der Waals surface area contributed by atoms with Crippen LogP contribution in [0, 0.1) is 6.92 Å². The molecule has 0 unspecified atom stereocenters. The van der Waals surface area contributed by atoms with Crippen molar-refractivity contribution < 1.29 is 15.0 Å². The Morgan fingerprint density at radius 3 is 2.50 bits per heavy atom. The number of hydrogen-bond acceptors (Lipinski definition) is 6. The molecule has 1 aliphatic rings. The summed E-state index contributed by atoms with van der Waals surface area (Å²) in [5.74, 6) is 0.422. The predicted octanol–water partition coefficient (Wildman–Crippen LogP) is 2.10. The maximum absolute atomic E-state index is 13.0. The van der Waals surface area contributed by atoms with Gasteiger partial charge in [0.05, 0.1) is 24.7 Å². The van der Waals surface area contributed by atoms with Gasteiger partial charge in [0, 0.05) is 25.0 Å². The van der Waals surface area contributed by atoms with E-state index < -0.39 is 11.6 Å². The third kappa shape index (κ3) is 4.64. The van der Waals surface area contributed by atoms with Crippen molar-refractivity contribution in [1.29, 1.82) is 0 Å². The van der Waals surface area contributed by atoms with E-state index in [0.717, 1.165) is 22.4 Å². The molecule has 166 valence electrons. The minimum atomic E-state index is -0.899. The molecule has 3 N–H and O–H groups in total. The van der Waals surface area contributed by atoms with Crippen LogP contribution in [0.5, 0.6) is 0 Å². The second-order valence-corrected chi connectivity index (χ2v) is 8.25. The molecule has 1 saturated heterocycles. The monoisotopic (exact) mass is 432 g/mol. The van der Waals surface area contributed by atoms with Gasteiger partial charge in [0.25, 0.3) is 0 Å². The molecule has 2 atom stereocenters. The number of aromatic nitrogens is 2. The van der Waals surface area contributed by atoms with Crippen molar-refractivity contribution in [1.82, 2.24) is 15.3 Å². The molecule has 1 aliphatic heterocycles. The van der Waals surface area contributed by atoms with E-state index in [4.69, 9.17) is 0 Å². The molecule has 4 rings (SSSR count). The minimum Gasteiger partial charge on any atom is -0.392 e. The van der Waals surface area contributed by atoms with E-state index in [1.165, 1.54) is 0 Å². The number of carbonyl (C=O) groups is 1. The molecule has 32 heavy (non-hydrogen) atoms. The van der Waals surface area contributed by atoms with Crippen molar-refractivity contribution in [2.45, 2.75) is 38.0 Å². The molecule has 0 spiro atoms. The van der Waals surface area contributed by atoms with Crippen LogP contribution in [0.1, 0.15) is 28.8 Å². The molecule has 2 aromatic carbocycles. The lowest BCUT2D eigenvalue weighted by molar-refractivity contribution is -0.124. The fourth-order valence-corrected chi connectivity index (χ4v) is 4.23. The third-order valence-electron chi connectivity index (χ3n) is 6.02. The number of amides is 1. The standard InChI is InChI=1S/C25H28N4O3/c1-18-11-13-26-24(27-18)29-14-12-25(22(31)16-29,21-5-3-2-4-6-21)28-23(32)15-19-7-9-20(17-30)10-8-19/h2-11,13,22,30-31H,12,14-17H2,1H3,(H,28,32)/t22-,25-/m1/s1. The number of nitrogens with zero attached hydrogens (tertiary/aromatic N) is 3. The van der Waals surface area contributed by atoms with E-state index in [1.807, 2.05) is 72.5 Å². The molecule has 0 bridgehead atoms. The van der Waals surface area contributed by atoms with Crippen LogP contribution in [-0.2, 0) is 23.4 Å². The lowest BCUT2D eigenvalue weighted by atomic mass is 9.78. The zero-order valence-corrected chi connectivity index (χ0v) is 18.1. The Kier molecular flexibility index (Phi) is 6.48. The van der Waals surface area contributed by atoms with Crippen molar-refractivity contribution in [2.75, 3.05) is 18.0 Å². The summed E-state index contributed by atoms with van der Waals surface area (Å²) in [6.07, 6.45) is 1.58. The van der Waals surface area contributed by atoms with Crippen molar-refractivity contribution in [3.63, 3.8) is 0 Å². The summed E-state index contributed by atoms with van der Waals surface area (Å²) in [5.41, 5.74) is 2.49. The molecule has 3 aromatic rings. The number of piperidine rings is 1. The number of carbonyl (C=O) groups excluding carboxylic acids is 1. The molecule has 1 fully saturated rings. The lowest BCUT2D eigenvalue weighted by Crippen LogP contribution is -2.62. The second-order valence-electron chi connectivity index (χ2n) is 8.25. The number of nitrogens with one attached hydrogen (secondary N) is 1. The first kappa shape index (κ1) is 21.9. The fraction of sp³-hybridized carbons (Fsp3) is 0.320. The van der Waals surface area contributed by atoms with E-state index >= 15 is 0 Å². The Labute approximate surface area is 187 Å². The SMILES string of the molecule is Cc1ccnc(N2CC[C@@](NC(=O)Cc3ccc(CO)cc3)(c3ccccc3)[C@H](O)C2)n1. The van der Waals surface area contributed by atoms with Gasteiger partial charge in [-0.1, -0.05) is 54.6 Å². The Hall–Kier alpha value is -3.29. The Balaban J connectivity index is 1.56. The van der Waals surface area contributed by atoms with Crippen molar-refractivity contribution in [2.24, 2.45) is 0 Å². The molecule has 0 saturated carbocycles. The topological polar surface area (TPSA) is 98.6 Å².